The maximum atomic E-state index is 3.49. The van der Waals surface area contributed by atoms with Crippen LogP contribution in [0.2, 0.25) is 0 Å². The Hall–Kier alpha value is 4.42. The van der Waals surface area contributed by atoms with Gasteiger partial charge in [-0.2, -0.15) is 33.6 Å². The third-order valence-corrected chi connectivity index (χ3v) is 0. The molecule has 4 radical (unpaired) electrons. The van der Waals surface area contributed by atoms with Crippen LogP contribution in [0, 0.1) is 27.2 Å². The van der Waals surface area contributed by atoms with E-state index in [9.17, 15) is 0 Å². The summed E-state index contributed by atoms with van der Waals surface area (Å²) in [5, 5.41) is 0. The van der Waals surface area contributed by atoms with Crippen molar-refractivity contribution in [3.05, 3.63) is 27.2 Å². The maximum absolute atomic E-state index is 3.49. The summed E-state index contributed by atoms with van der Waals surface area (Å²) in [6, 6.07) is 0. The molecule has 0 atom stereocenters. The third kappa shape index (κ3) is 255. The molecule has 0 saturated carbocycles. The quantitative estimate of drug-likeness (QED) is 0.418. The van der Waals surface area contributed by atoms with Crippen LogP contribution in [0.3, 0.4) is 0 Å². The van der Waals surface area contributed by atoms with E-state index in [2.05, 4.69) is 20.8 Å². The Labute approximate surface area is 201 Å². The molecule has 0 fully saturated rings. The molecule has 0 amide bonds. The van der Waals surface area contributed by atoms with Crippen molar-refractivity contribution >= 4 is 0 Å². The summed E-state index contributed by atoms with van der Waals surface area (Å²) in [7, 11) is 0. The van der Waals surface area contributed by atoms with Crippen LogP contribution in [0.1, 0.15) is 47.5 Å². The van der Waals surface area contributed by atoms with Gasteiger partial charge in [-0.3, -0.25) is 0 Å². The minimum absolute atomic E-state index is 0. The maximum Gasteiger partial charge on any atom is 0 e. The number of hydrogen-bond donors (Lipinski definition) is 0. The number of hydrogen-bond acceptors (Lipinski definition) is 0. The predicted octanol–water partition coefficient (Wildman–Crippen LogP) is 4.52. The van der Waals surface area contributed by atoms with Crippen LogP contribution in [0.5, 0.6) is 0 Å². The molecule has 0 saturated heterocycles. The standard InChI is InChI=1S/3C3H7.C2H5.4Y/c3*1-3-2;1-2;;;;/h3H,1-2H3;2*1,3H2,2H3;1H2,2H3;;;;/q4*-1;;;;. The molecule has 0 aliphatic carbocycles. The van der Waals surface area contributed by atoms with Gasteiger partial charge in [0.05, 0.1) is 0 Å². The Morgan fingerprint density at radius 2 is 0.733 bits per heavy atom. The molecule has 0 N–H and O–H groups in total. The van der Waals surface area contributed by atoms with Gasteiger partial charge < -0.3 is 27.2 Å². The Bertz CT molecular complexity index is 17.3. The molecule has 0 aromatic heterocycles. The van der Waals surface area contributed by atoms with Gasteiger partial charge in [0, 0.05) is 131 Å². The Balaban J connectivity index is -0.00000000673. The van der Waals surface area contributed by atoms with E-state index in [4.69, 9.17) is 0 Å². The molecule has 0 nitrogen and oxygen atoms in total. The first kappa shape index (κ1) is 50.5. The summed E-state index contributed by atoms with van der Waals surface area (Å²) in [6.07, 6.45) is 4.00. The van der Waals surface area contributed by atoms with E-state index >= 15 is 0 Å². The Morgan fingerprint density at radius 3 is 0.733 bits per heavy atom. The first-order chi connectivity index (χ1) is 5.24. The molecule has 0 spiro atoms. The van der Waals surface area contributed by atoms with E-state index in [1.807, 2.05) is 34.1 Å². The van der Waals surface area contributed by atoms with Crippen LogP contribution < -0.4 is 0 Å². The van der Waals surface area contributed by atoms with Crippen LogP contribution in [0.25, 0.3) is 0 Å². The van der Waals surface area contributed by atoms with Gasteiger partial charge in [0.1, 0.15) is 0 Å². The fraction of sp³-hybridized carbons (Fsp3) is 0.636. The molecule has 86 valence electrons. The summed E-state index contributed by atoms with van der Waals surface area (Å²) in [6.45, 7) is 20.0. The monoisotopic (exact) mass is 514 g/mol. The SMILES string of the molecule is C[CH-]C.[CH2-]C.[CH2-]CC.[CH2-]CC.[Y].[Y].[Y].[Y]. The van der Waals surface area contributed by atoms with Crippen molar-refractivity contribution in [1.29, 1.82) is 0 Å². The zero-order valence-electron chi connectivity index (χ0n) is 11.4. The fourth-order valence-electron chi connectivity index (χ4n) is 0. The average molecular weight is 514 g/mol. The van der Waals surface area contributed by atoms with Gasteiger partial charge in [-0.05, 0) is 0 Å². The molecule has 0 aromatic rings. The van der Waals surface area contributed by atoms with Crippen molar-refractivity contribution in [2.75, 3.05) is 0 Å². The molecule has 0 aliphatic rings. The normalized spacial score (nSPS) is 4.00. The predicted molar refractivity (Wildman–Crippen MR) is 58.0 cm³/mol. The van der Waals surface area contributed by atoms with Gasteiger partial charge in [0.15, 0.2) is 0 Å². The van der Waals surface area contributed by atoms with E-state index < -0.39 is 0 Å². The van der Waals surface area contributed by atoms with Crippen LogP contribution in [0.4, 0.5) is 0 Å². The van der Waals surface area contributed by atoms with Crippen molar-refractivity contribution in [2.45, 2.75) is 47.5 Å². The second-order valence-electron chi connectivity index (χ2n) is 1.58. The van der Waals surface area contributed by atoms with Crippen molar-refractivity contribution in [2.24, 2.45) is 0 Å². The average Bonchev–Trinajstić information content (AvgIpc) is 1.96. The smallest absolute Gasteiger partial charge is 0 e. The first-order valence-electron chi connectivity index (χ1n) is 4.28. The van der Waals surface area contributed by atoms with Gasteiger partial charge in [-0.15, -0.1) is 0 Å². The van der Waals surface area contributed by atoms with Gasteiger partial charge in [-0.25, -0.2) is 0 Å². The molecule has 0 bridgehead atoms. The van der Waals surface area contributed by atoms with E-state index in [0.717, 1.165) is 12.8 Å². The molecule has 0 unspecified atom stereocenters. The zero-order valence-corrected chi connectivity index (χ0v) is 22.8. The molecular formula is C11H26Y4-4. The van der Waals surface area contributed by atoms with E-state index in [1.165, 1.54) is 0 Å². The zero-order chi connectivity index (χ0) is 10.1. The first-order valence-corrected chi connectivity index (χ1v) is 4.28. The summed E-state index contributed by atoms with van der Waals surface area (Å²) in [4.78, 5) is 0. The second kappa shape index (κ2) is 102. The summed E-state index contributed by atoms with van der Waals surface area (Å²) in [5.74, 6) is 0. The van der Waals surface area contributed by atoms with Crippen LogP contribution >= 0.6 is 0 Å². The van der Waals surface area contributed by atoms with E-state index in [1.54, 1.807) is 6.92 Å². The largest absolute Gasteiger partial charge is 0.346 e. The Kier molecular flexibility index (Phi) is 342. The second-order valence-corrected chi connectivity index (χ2v) is 1.58. The van der Waals surface area contributed by atoms with Crippen LogP contribution in [0.15, 0.2) is 0 Å². The molecule has 15 heavy (non-hydrogen) atoms. The van der Waals surface area contributed by atoms with Crippen LogP contribution in [-0.2, 0) is 131 Å². The van der Waals surface area contributed by atoms with E-state index in [0.29, 0.717) is 0 Å². The molecule has 0 heterocycles. The molecule has 0 aromatic carbocycles. The van der Waals surface area contributed by atoms with Crippen molar-refractivity contribution < 1.29 is 131 Å². The van der Waals surface area contributed by atoms with Crippen molar-refractivity contribution in [3.8, 4) is 0 Å². The molecular weight excluding hydrogens is 488 g/mol. The fourth-order valence-corrected chi connectivity index (χ4v) is 0. The molecule has 4 heteroatoms. The van der Waals surface area contributed by atoms with Gasteiger partial charge in [0.2, 0.25) is 0 Å². The molecule has 0 aliphatic heterocycles. The summed E-state index contributed by atoms with van der Waals surface area (Å²) >= 11 is 0. The van der Waals surface area contributed by atoms with Gasteiger partial charge in [-0.1, -0.05) is 13.8 Å². The van der Waals surface area contributed by atoms with Crippen molar-refractivity contribution in [3.63, 3.8) is 0 Å². The summed E-state index contributed by atoms with van der Waals surface area (Å²) in [5.41, 5.74) is 0. The minimum atomic E-state index is 0. The van der Waals surface area contributed by atoms with E-state index in [-0.39, 0.29) is 131 Å². The number of rotatable bonds is 0. The van der Waals surface area contributed by atoms with Gasteiger partial charge >= 0.3 is 0 Å². The third-order valence-electron chi connectivity index (χ3n) is 0. The topological polar surface area (TPSA) is 0 Å². The summed E-state index contributed by atoms with van der Waals surface area (Å²) < 4.78 is 0. The molecule has 0 rings (SSSR count). The van der Waals surface area contributed by atoms with Crippen molar-refractivity contribution in [1.82, 2.24) is 0 Å². The van der Waals surface area contributed by atoms with Crippen LogP contribution in [-0.4, -0.2) is 0 Å². The van der Waals surface area contributed by atoms with Gasteiger partial charge in [0.25, 0.3) is 0 Å². The minimum Gasteiger partial charge on any atom is -0.346 e. The Morgan fingerprint density at radius 1 is 0.733 bits per heavy atom.